The number of hydrogen-bond donors (Lipinski definition) is 2. The lowest BCUT2D eigenvalue weighted by molar-refractivity contribution is -0.138. The van der Waals surface area contributed by atoms with Gasteiger partial charge >= 0.3 is 5.97 Å². The quantitative estimate of drug-likeness (QED) is 0.887. The van der Waals surface area contributed by atoms with Crippen LogP contribution in [0.1, 0.15) is 36.2 Å². The fraction of sp³-hybridized carbons (Fsp3) is 0.333. The fourth-order valence-corrected chi connectivity index (χ4v) is 2.56. The first-order chi connectivity index (χ1) is 9.15. The molecule has 0 radical (unpaired) electrons. The van der Waals surface area contributed by atoms with E-state index in [-0.39, 0.29) is 0 Å². The zero-order valence-electron chi connectivity index (χ0n) is 10.8. The third-order valence-corrected chi connectivity index (χ3v) is 3.79. The zero-order valence-corrected chi connectivity index (χ0v) is 10.8. The Kier molecular flexibility index (Phi) is 2.85. The minimum absolute atomic E-state index is 0.503. The van der Waals surface area contributed by atoms with Crippen molar-refractivity contribution in [2.45, 2.75) is 32.1 Å². The Morgan fingerprint density at radius 2 is 2.16 bits per heavy atom. The number of hydrogen-bond acceptors (Lipinski definition) is 2. The molecule has 1 unspecified atom stereocenters. The Morgan fingerprint density at radius 3 is 2.95 bits per heavy atom. The van der Waals surface area contributed by atoms with Gasteiger partial charge in [-0.25, -0.2) is 4.98 Å². The van der Waals surface area contributed by atoms with Crippen LogP contribution in [0.5, 0.6) is 0 Å². The van der Waals surface area contributed by atoms with Crippen LogP contribution in [0.25, 0.3) is 11.3 Å². The third-order valence-electron chi connectivity index (χ3n) is 3.79. The van der Waals surface area contributed by atoms with Gasteiger partial charge in [0.2, 0.25) is 0 Å². The monoisotopic (exact) mass is 256 g/mol. The second-order valence-electron chi connectivity index (χ2n) is 5.08. The van der Waals surface area contributed by atoms with Crippen LogP contribution in [-0.2, 0) is 17.6 Å². The summed E-state index contributed by atoms with van der Waals surface area (Å²) in [6.07, 6.45) is 5.24. The van der Waals surface area contributed by atoms with Crippen molar-refractivity contribution in [2.75, 3.05) is 0 Å². The summed E-state index contributed by atoms with van der Waals surface area (Å²) >= 11 is 0. The largest absolute Gasteiger partial charge is 0.481 e. The van der Waals surface area contributed by atoms with Gasteiger partial charge in [-0.1, -0.05) is 12.1 Å². The first-order valence-corrected chi connectivity index (χ1v) is 6.55. The van der Waals surface area contributed by atoms with Crippen LogP contribution in [0.4, 0.5) is 0 Å². The van der Waals surface area contributed by atoms with Crippen molar-refractivity contribution in [3.05, 3.63) is 41.3 Å². The number of H-pyrrole nitrogens is 1. The van der Waals surface area contributed by atoms with Crippen LogP contribution >= 0.6 is 0 Å². The van der Waals surface area contributed by atoms with Gasteiger partial charge in [0.05, 0.1) is 11.9 Å². The van der Waals surface area contributed by atoms with Gasteiger partial charge < -0.3 is 10.1 Å². The fourth-order valence-electron chi connectivity index (χ4n) is 2.56. The molecule has 0 fully saturated rings. The van der Waals surface area contributed by atoms with Gasteiger partial charge in [-0.3, -0.25) is 4.79 Å². The minimum atomic E-state index is -0.866. The molecule has 0 amide bonds. The summed E-state index contributed by atoms with van der Waals surface area (Å²) in [6.45, 7) is 1.63. The average Bonchev–Trinajstić information content (AvgIpc) is 3.05. The van der Waals surface area contributed by atoms with E-state index < -0.39 is 11.9 Å². The average molecular weight is 256 g/mol. The van der Waals surface area contributed by atoms with Gasteiger partial charge in [-0.15, -0.1) is 0 Å². The molecule has 4 heteroatoms. The number of aryl methyl sites for hydroxylation is 2. The normalized spacial score (nSPS) is 15.2. The second kappa shape index (κ2) is 4.53. The van der Waals surface area contributed by atoms with Crippen LogP contribution in [0, 0.1) is 0 Å². The van der Waals surface area contributed by atoms with Gasteiger partial charge in [0.1, 0.15) is 11.7 Å². The lowest BCUT2D eigenvalue weighted by Gasteiger charge is -2.04. The van der Waals surface area contributed by atoms with Crippen LogP contribution in [0.15, 0.2) is 24.4 Å². The molecule has 4 nitrogen and oxygen atoms in total. The molecule has 1 aromatic heterocycles. The first kappa shape index (κ1) is 12.0. The van der Waals surface area contributed by atoms with E-state index in [1.165, 1.54) is 24.0 Å². The highest BCUT2D eigenvalue weighted by Crippen LogP contribution is 2.27. The zero-order chi connectivity index (χ0) is 13.4. The maximum atomic E-state index is 10.9. The second-order valence-corrected chi connectivity index (χ2v) is 5.08. The number of rotatable bonds is 3. The molecule has 1 aliphatic rings. The van der Waals surface area contributed by atoms with Crippen LogP contribution < -0.4 is 0 Å². The predicted octanol–water partition coefficient (Wildman–Crippen LogP) is 2.75. The summed E-state index contributed by atoms with van der Waals surface area (Å²) in [5.41, 5.74) is 4.80. The molecule has 0 bridgehead atoms. The number of aliphatic carboxylic acids is 1. The van der Waals surface area contributed by atoms with Crippen LogP contribution in [0.3, 0.4) is 0 Å². The molecule has 2 N–H and O–H groups in total. The molecule has 2 aromatic rings. The van der Waals surface area contributed by atoms with E-state index in [4.69, 9.17) is 5.11 Å². The highest BCUT2D eigenvalue weighted by molar-refractivity contribution is 5.74. The van der Waals surface area contributed by atoms with Crippen molar-refractivity contribution in [2.24, 2.45) is 0 Å². The van der Waals surface area contributed by atoms with Gasteiger partial charge in [-0.2, -0.15) is 0 Å². The van der Waals surface area contributed by atoms with E-state index in [1.54, 1.807) is 13.1 Å². The number of carboxylic acids is 1. The van der Waals surface area contributed by atoms with Crippen molar-refractivity contribution in [3.8, 4) is 11.3 Å². The highest BCUT2D eigenvalue weighted by atomic mass is 16.4. The number of carbonyl (C=O) groups is 1. The molecular formula is C15H16N2O2. The van der Waals surface area contributed by atoms with E-state index in [0.717, 1.165) is 17.7 Å². The van der Waals surface area contributed by atoms with Crippen LogP contribution in [-0.4, -0.2) is 21.0 Å². The third kappa shape index (κ3) is 2.14. The van der Waals surface area contributed by atoms with E-state index >= 15 is 0 Å². The lowest BCUT2D eigenvalue weighted by Crippen LogP contribution is -2.08. The summed E-state index contributed by atoms with van der Waals surface area (Å²) in [5, 5.41) is 8.98. The number of nitrogens with zero attached hydrogens (tertiary/aromatic N) is 1. The van der Waals surface area contributed by atoms with E-state index in [2.05, 4.69) is 28.2 Å². The Labute approximate surface area is 111 Å². The van der Waals surface area contributed by atoms with Gasteiger partial charge in [0.25, 0.3) is 0 Å². The number of aromatic nitrogens is 2. The smallest absolute Gasteiger partial charge is 0.313 e. The minimum Gasteiger partial charge on any atom is -0.481 e. The molecule has 1 atom stereocenters. The Balaban J connectivity index is 1.92. The van der Waals surface area contributed by atoms with Crippen molar-refractivity contribution < 1.29 is 9.90 Å². The number of nitrogens with one attached hydrogen (secondary N) is 1. The summed E-state index contributed by atoms with van der Waals surface area (Å²) in [7, 11) is 0. The number of benzene rings is 1. The lowest BCUT2D eigenvalue weighted by atomic mass is 10.0. The molecule has 98 valence electrons. The molecule has 0 saturated carbocycles. The Hall–Kier alpha value is -2.10. The summed E-state index contributed by atoms with van der Waals surface area (Å²) in [5.74, 6) is -0.971. The van der Waals surface area contributed by atoms with E-state index in [9.17, 15) is 4.79 Å². The molecule has 0 aliphatic heterocycles. The predicted molar refractivity (Wildman–Crippen MR) is 72.1 cm³/mol. The maximum Gasteiger partial charge on any atom is 0.313 e. The SMILES string of the molecule is CC(C(=O)O)c1ncc(-c2ccc3c(c2)CCC3)[nH]1. The molecule has 19 heavy (non-hydrogen) atoms. The number of fused-ring (bicyclic) bond motifs is 1. The topological polar surface area (TPSA) is 66.0 Å². The molecule has 0 saturated heterocycles. The van der Waals surface area contributed by atoms with Crippen molar-refractivity contribution in [1.29, 1.82) is 0 Å². The van der Waals surface area contributed by atoms with Crippen molar-refractivity contribution >= 4 is 5.97 Å². The van der Waals surface area contributed by atoms with Gasteiger partial charge in [-0.05, 0) is 48.9 Å². The van der Waals surface area contributed by atoms with Gasteiger partial charge in [0.15, 0.2) is 0 Å². The summed E-state index contributed by atoms with van der Waals surface area (Å²) in [4.78, 5) is 18.2. The van der Waals surface area contributed by atoms with Gasteiger partial charge in [0, 0.05) is 0 Å². The molecule has 0 spiro atoms. The van der Waals surface area contributed by atoms with E-state index in [0.29, 0.717) is 5.82 Å². The summed E-state index contributed by atoms with van der Waals surface area (Å²) in [6, 6.07) is 6.43. The van der Waals surface area contributed by atoms with Crippen LogP contribution in [0.2, 0.25) is 0 Å². The number of aromatic amines is 1. The van der Waals surface area contributed by atoms with Crippen molar-refractivity contribution in [3.63, 3.8) is 0 Å². The Morgan fingerprint density at radius 1 is 1.37 bits per heavy atom. The van der Waals surface area contributed by atoms with E-state index in [1.807, 2.05) is 0 Å². The molecule has 1 aromatic carbocycles. The molecule has 1 heterocycles. The standard InChI is InChI=1S/C15H16N2O2/c1-9(15(18)19)14-16-8-13(17-14)12-6-5-10-3-2-4-11(10)7-12/h5-9H,2-4H2,1H3,(H,16,17)(H,18,19). The molecular weight excluding hydrogens is 240 g/mol. The number of imidazole rings is 1. The molecule has 3 rings (SSSR count). The first-order valence-electron chi connectivity index (χ1n) is 6.55. The van der Waals surface area contributed by atoms with Crippen molar-refractivity contribution in [1.82, 2.24) is 9.97 Å². The highest BCUT2D eigenvalue weighted by Gasteiger charge is 2.18. The number of carboxylic acid groups (broad SMARTS) is 1. The maximum absolute atomic E-state index is 10.9. The Bertz CT molecular complexity index is 631. The molecule has 1 aliphatic carbocycles. The summed E-state index contributed by atoms with van der Waals surface area (Å²) < 4.78 is 0.